The van der Waals surface area contributed by atoms with Crippen molar-refractivity contribution < 1.29 is 4.79 Å². The molecule has 0 saturated heterocycles. The summed E-state index contributed by atoms with van der Waals surface area (Å²) in [6, 6.07) is 11.9. The third-order valence-electron chi connectivity index (χ3n) is 3.60. The Kier molecular flexibility index (Phi) is 8.52. The van der Waals surface area contributed by atoms with E-state index in [1.807, 2.05) is 50.2 Å². The molecule has 0 radical (unpaired) electrons. The monoisotopic (exact) mass is 313 g/mol. The fourth-order valence-electron chi connectivity index (χ4n) is 2.22. The van der Waals surface area contributed by atoms with Crippen LogP contribution in [0, 0.1) is 11.3 Å². The number of unbranched alkanes of at least 4 members (excludes halogenated alkanes) is 2. The van der Waals surface area contributed by atoms with Crippen LogP contribution in [0.4, 0.5) is 0 Å². The van der Waals surface area contributed by atoms with E-state index in [1.165, 1.54) is 0 Å². The lowest BCUT2D eigenvalue weighted by Gasteiger charge is -2.26. The molecule has 0 spiro atoms. The summed E-state index contributed by atoms with van der Waals surface area (Å²) in [6.07, 6.45) is 4.88. The summed E-state index contributed by atoms with van der Waals surface area (Å²) in [5.41, 5.74) is 1.22. The molecule has 0 atom stereocenters. The van der Waals surface area contributed by atoms with Crippen LogP contribution in [0.2, 0.25) is 0 Å². The molecule has 1 N–H and O–H groups in total. The van der Waals surface area contributed by atoms with E-state index in [1.54, 1.807) is 11.1 Å². The zero-order valence-corrected chi connectivity index (χ0v) is 14.4. The van der Waals surface area contributed by atoms with Gasteiger partial charge in [0.2, 0.25) is 0 Å². The second-order valence-electron chi connectivity index (χ2n) is 5.84. The predicted octanol–water partition coefficient (Wildman–Crippen LogP) is 3.61. The first-order valence-corrected chi connectivity index (χ1v) is 8.28. The standard InChI is InChI=1S/C19H27N3O/c1-4-5-9-12-21-14-18(13-20)19(23)22(16(2)3)15-17-10-7-6-8-11-17/h6-8,10-11,14,16,21H,4-5,9,12,15H2,1-3H3/b18-14-. The predicted molar refractivity (Wildman–Crippen MR) is 93.4 cm³/mol. The van der Waals surface area contributed by atoms with Crippen LogP contribution in [0.25, 0.3) is 0 Å². The summed E-state index contributed by atoms with van der Waals surface area (Å²) >= 11 is 0. The lowest BCUT2D eigenvalue weighted by molar-refractivity contribution is -0.129. The number of carbonyl (C=O) groups excluding carboxylic acids is 1. The molecule has 4 nitrogen and oxygen atoms in total. The van der Waals surface area contributed by atoms with Crippen molar-refractivity contribution in [3.8, 4) is 6.07 Å². The lowest BCUT2D eigenvalue weighted by atomic mass is 10.1. The third-order valence-corrected chi connectivity index (χ3v) is 3.60. The number of hydrogen-bond acceptors (Lipinski definition) is 3. The Labute approximate surface area is 139 Å². The van der Waals surface area contributed by atoms with Gasteiger partial charge in [-0.05, 0) is 25.8 Å². The largest absolute Gasteiger partial charge is 0.390 e. The van der Waals surface area contributed by atoms with Crippen molar-refractivity contribution in [3.05, 3.63) is 47.7 Å². The highest BCUT2D eigenvalue weighted by Crippen LogP contribution is 2.12. The van der Waals surface area contributed by atoms with Gasteiger partial charge in [-0.3, -0.25) is 4.79 Å². The van der Waals surface area contributed by atoms with E-state index in [2.05, 4.69) is 12.2 Å². The molecule has 0 unspecified atom stereocenters. The summed E-state index contributed by atoms with van der Waals surface area (Å²) in [4.78, 5) is 14.4. The summed E-state index contributed by atoms with van der Waals surface area (Å²) in [5, 5.41) is 12.4. The Morgan fingerprint density at radius 3 is 2.57 bits per heavy atom. The smallest absolute Gasteiger partial charge is 0.266 e. The molecule has 0 heterocycles. The van der Waals surface area contributed by atoms with Crippen LogP contribution >= 0.6 is 0 Å². The molecule has 23 heavy (non-hydrogen) atoms. The molecule has 0 aliphatic carbocycles. The molecule has 0 aromatic heterocycles. The van der Waals surface area contributed by atoms with E-state index in [-0.39, 0.29) is 17.5 Å². The molecule has 4 heteroatoms. The Morgan fingerprint density at radius 2 is 2.00 bits per heavy atom. The van der Waals surface area contributed by atoms with Gasteiger partial charge in [-0.1, -0.05) is 50.1 Å². The number of rotatable bonds is 9. The SMILES string of the molecule is CCCCCN/C=C(/C#N)C(=O)N(Cc1ccccc1)C(C)C. The number of amides is 1. The van der Waals surface area contributed by atoms with Crippen LogP contribution in [-0.2, 0) is 11.3 Å². The Balaban J connectivity index is 2.74. The molecule has 0 fully saturated rings. The van der Waals surface area contributed by atoms with E-state index in [4.69, 9.17) is 0 Å². The first kappa shape index (κ1) is 18.8. The second kappa shape index (κ2) is 10.4. The molecular weight excluding hydrogens is 286 g/mol. The molecule has 1 aromatic carbocycles. The van der Waals surface area contributed by atoms with E-state index in [9.17, 15) is 10.1 Å². The Hall–Kier alpha value is -2.28. The van der Waals surface area contributed by atoms with Crippen LogP contribution in [-0.4, -0.2) is 23.4 Å². The lowest BCUT2D eigenvalue weighted by Crippen LogP contribution is -2.37. The molecule has 1 amide bonds. The van der Waals surface area contributed by atoms with Gasteiger partial charge in [0.1, 0.15) is 11.6 Å². The van der Waals surface area contributed by atoms with Gasteiger partial charge in [0, 0.05) is 25.3 Å². The molecule has 0 saturated carbocycles. The maximum absolute atomic E-state index is 12.6. The quantitative estimate of drug-likeness (QED) is 0.430. The second-order valence-corrected chi connectivity index (χ2v) is 5.84. The molecule has 0 bridgehead atoms. The number of hydrogen-bond donors (Lipinski definition) is 1. The minimum absolute atomic E-state index is 0.0274. The normalized spacial score (nSPS) is 11.2. The van der Waals surface area contributed by atoms with Crippen molar-refractivity contribution in [2.24, 2.45) is 0 Å². The summed E-state index contributed by atoms with van der Waals surface area (Å²) in [7, 11) is 0. The first-order chi connectivity index (χ1) is 11.1. The van der Waals surface area contributed by atoms with Gasteiger partial charge in [-0.15, -0.1) is 0 Å². The zero-order valence-electron chi connectivity index (χ0n) is 14.4. The first-order valence-electron chi connectivity index (χ1n) is 8.28. The molecule has 0 aliphatic heterocycles. The van der Waals surface area contributed by atoms with E-state index in [0.717, 1.165) is 31.4 Å². The van der Waals surface area contributed by atoms with E-state index >= 15 is 0 Å². The van der Waals surface area contributed by atoms with Crippen LogP contribution in [0.5, 0.6) is 0 Å². The molecule has 1 rings (SSSR count). The van der Waals surface area contributed by atoms with Gasteiger partial charge in [-0.25, -0.2) is 0 Å². The average molecular weight is 313 g/mol. The zero-order chi connectivity index (χ0) is 17.1. The number of nitrogens with one attached hydrogen (secondary N) is 1. The highest BCUT2D eigenvalue weighted by Gasteiger charge is 2.21. The van der Waals surface area contributed by atoms with Crippen molar-refractivity contribution in [3.63, 3.8) is 0 Å². The molecule has 124 valence electrons. The number of benzene rings is 1. The van der Waals surface area contributed by atoms with Gasteiger partial charge in [0.15, 0.2) is 0 Å². The minimum atomic E-state index is -0.227. The van der Waals surface area contributed by atoms with Crippen LogP contribution < -0.4 is 5.32 Å². The molecule has 1 aromatic rings. The maximum Gasteiger partial charge on any atom is 0.266 e. The Bertz CT molecular complexity index is 543. The minimum Gasteiger partial charge on any atom is -0.390 e. The van der Waals surface area contributed by atoms with E-state index < -0.39 is 0 Å². The van der Waals surface area contributed by atoms with Gasteiger partial charge >= 0.3 is 0 Å². The van der Waals surface area contributed by atoms with Crippen LogP contribution in [0.1, 0.15) is 45.6 Å². The van der Waals surface area contributed by atoms with Crippen molar-refractivity contribution >= 4 is 5.91 Å². The van der Waals surface area contributed by atoms with Gasteiger partial charge in [-0.2, -0.15) is 5.26 Å². The topological polar surface area (TPSA) is 56.1 Å². The van der Waals surface area contributed by atoms with Crippen molar-refractivity contribution in [1.82, 2.24) is 10.2 Å². The fraction of sp³-hybridized carbons (Fsp3) is 0.474. The van der Waals surface area contributed by atoms with Crippen LogP contribution in [0.3, 0.4) is 0 Å². The number of nitrogens with zero attached hydrogens (tertiary/aromatic N) is 2. The fourth-order valence-corrected chi connectivity index (χ4v) is 2.22. The highest BCUT2D eigenvalue weighted by atomic mass is 16.2. The molecule has 0 aliphatic rings. The van der Waals surface area contributed by atoms with Gasteiger partial charge in [0.25, 0.3) is 5.91 Å². The Morgan fingerprint density at radius 1 is 1.30 bits per heavy atom. The number of nitriles is 1. The summed E-state index contributed by atoms with van der Waals surface area (Å²) < 4.78 is 0. The van der Waals surface area contributed by atoms with Crippen LogP contribution in [0.15, 0.2) is 42.1 Å². The van der Waals surface area contributed by atoms with Crippen molar-refractivity contribution in [1.29, 1.82) is 5.26 Å². The van der Waals surface area contributed by atoms with Gasteiger partial charge < -0.3 is 10.2 Å². The molecular formula is C19H27N3O. The van der Waals surface area contributed by atoms with Crippen molar-refractivity contribution in [2.75, 3.05) is 6.54 Å². The maximum atomic E-state index is 12.6. The summed E-state index contributed by atoms with van der Waals surface area (Å²) in [6.45, 7) is 7.36. The number of carbonyl (C=O) groups is 1. The highest BCUT2D eigenvalue weighted by molar-refractivity contribution is 5.97. The van der Waals surface area contributed by atoms with Gasteiger partial charge in [0.05, 0.1) is 0 Å². The average Bonchev–Trinajstić information content (AvgIpc) is 2.56. The van der Waals surface area contributed by atoms with E-state index in [0.29, 0.717) is 6.54 Å². The third kappa shape index (κ3) is 6.56. The summed E-state index contributed by atoms with van der Waals surface area (Å²) in [5.74, 6) is -0.227. The van der Waals surface area contributed by atoms with Crippen molar-refractivity contribution in [2.45, 2.75) is 52.6 Å².